The Morgan fingerprint density at radius 1 is 1.08 bits per heavy atom. The minimum atomic E-state index is -3.19. The van der Waals surface area contributed by atoms with Gasteiger partial charge in [0.15, 0.2) is 0 Å². The van der Waals surface area contributed by atoms with Gasteiger partial charge in [0.2, 0.25) is 15.9 Å². The van der Waals surface area contributed by atoms with Crippen molar-refractivity contribution in [2.75, 3.05) is 46.2 Å². The number of nitrogens with zero attached hydrogens (tertiary/aromatic N) is 2. The van der Waals surface area contributed by atoms with Crippen LogP contribution in [0.1, 0.15) is 18.1 Å². The molecule has 1 amide bonds. The molecule has 1 aliphatic heterocycles. The van der Waals surface area contributed by atoms with Crippen LogP contribution in [0.25, 0.3) is 0 Å². The van der Waals surface area contributed by atoms with Crippen molar-refractivity contribution in [3.63, 3.8) is 0 Å². The highest BCUT2D eigenvalue weighted by atomic mass is 32.2. The van der Waals surface area contributed by atoms with E-state index in [9.17, 15) is 13.2 Å². The van der Waals surface area contributed by atoms with Crippen molar-refractivity contribution in [1.82, 2.24) is 9.21 Å². The fourth-order valence-electron chi connectivity index (χ4n) is 2.92. The molecule has 8 heteroatoms. The molecule has 0 bridgehead atoms. The molecule has 0 spiro atoms. The lowest BCUT2D eigenvalue weighted by atomic mass is 10.1. The van der Waals surface area contributed by atoms with E-state index in [0.717, 1.165) is 11.1 Å². The van der Waals surface area contributed by atoms with Gasteiger partial charge in [-0.25, -0.2) is 8.42 Å². The summed E-state index contributed by atoms with van der Waals surface area (Å²) in [6, 6.07) is 3.68. The molecule has 0 saturated carbocycles. The van der Waals surface area contributed by atoms with E-state index in [0.29, 0.717) is 37.7 Å². The molecule has 0 N–H and O–H groups in total. The Morgan fingerprint density at radius 3 is 2.20 bits per heavy atom. The Morgan fingerprint density at radius 2 is 1.68 bits per heavy atom. The predicted molar refractivity (Wildman–Crippen MR) is 95.6 cm³/mol. The highest BCUT2D eigenvalue weighted by molar-refractivity contribution is 7.89. The van der Waals surface area contributed by atoms with Gasteiger partial charge in [0.1, 0.15) is 11.5 Å². The summed E-state index contributed by atoms with van der Waals surface area (Å²) in [7, 11) is -0.0308. The van der Waals surface area contributed by atoms with Gasteiger partial charge in [-0.05, 0) is 31.5 Å². The number of ether oxygens (including phenoxy) is 2. The van der Waals surface area contributed by atoms with Crippen molar-refractivity contribution >= 4 is 15.9 Å². The number of benzene rings is 1. The SMILES string of the molecule is CCS(=O)(=O)N1CCN(C(=O)Cc2cc(OC)c(C)cc2OC)CC1. The lowest BCUT2D eigenvalue weighted by molar-refractivity contribution is -0.131. The van der Waals surface area contributed by atoms with Gasteiger partial charge in [0.05, 0.1) is 26.4 Å². The van der Waals surface area contributed by atoms with Gasteiger partial charge in [-0.2, -0.15) is 4.31 Å². The number of carbonyl (C=O) groups excluding carboxylic acids is 1. The maximum Gasteiger partial charge on any atom is 0.227 e. The van der Waals surface area contributed by atoms with Crippen LogP contribution in [0, 0.1) is 6.92 Å². The molecular formula is C17H26N2O5S. The van der Waals surface area contributed by atoms with E-state index in [2.05, 4.69) is 0 Å². The average molecular weight is 370 g/mol. The van der Waals surface area contributed by atoms with Crippen LogP contribution in [0.5, 0.6) is 11.5 Å². The molecule has 1 aromatic rings. The lowest BCUT2D eigenvalue weighted by Crippen LogP contribution is -2.51. The van der Waals surface area contributed by atoms with Crippen LogP contribution in [0.15, 0.2) is 12.1 Å². The molecule has 2 rings (SSSR count). The zero-order valence-electron chi connectivity index (χ0n) is 15.2. The molecular weight excluding hydrogens is 344 g/mol. The van der Waals surface area contributed by atoms with Crippen molar-refractivity contribution in [2.24, 2.45) is 0 Å². The van der Waals surface area contributed by atoms with E-state index in [4.69, 9.17) is 9.47 Å². The number of rotatable bonds is 6. The number of methoxy groups -OCH3 is 2. The number of carbonyl (C=O) groups is 1. The second-order valence-electron chi connectivity index (χ2n) is 5.99. The Bertz CT molecular complexity index is 725. The zero-order chi connectivity index (χ0) is 18.6. The molecule has 0 atom stereocenters. The number of aryl methyl sites for hydroxylation is 1. The van der Waals surface area contributed by atoms with Gasteiger partial charge < -0.3 is 14.4 Å². The first-order chi connectivity index (χ1) is 11.8. The zero-order valence-corrected chi connectivity index (χ0v) is 16.1. The third-order valence-corrected chi connectivity index (χ3v) is 6.37. The van der Waals surface area contributed by atoms with Crippen LogP contribution < -0.4 is 9.47 Å². The highest BCUT2D eigenvalue weighted by Crippen LogP contribution is 2.29. The van der Waals surface area contributed by atoms with Crippen LogP contribution in [-0.2, 0) is 21.2 Å². The van der Waals surface area contributed by atoms with E-state index in [1.54, 1.807) is 26.0 Å². The molecule has 1 fully saturated rings. The fourth-order valence-corrected chi connectivity index (χ4v) is 4.01. The molecule has 1 saturated heterocycles. The molecule has 0 radical (unpaired) electrons. The first-order valence-electron chi connectivity index (χ1n) is 8.29. The first kappa shape index (κ1) is 19.5. The van der Waals surface area contributed by atoms with E-state index >= 15 is 0 Å². The number of hydrogen-bond donors (Lipinski definition) is 0. The van der Waals surface area contributed by atoms with Crippen LogP contribution in [0.3, 0.4) is 0 Å². The van der Waals surface area contributed by atoms with E-state index in [1.807, 2.05) is 19.1 Å². The second-order valence-corrected chi connectivity index (χ2v) is 8.25. The van der Waals surface area contributed by atoms with Gasteiger partial charge in [-0.15, -0.1) is 0 Å². The molecule has 140 valence electrons. The second kappa shape index (κ2) is 8.05. The molecule has 25 heavy (non-hydrogen) atoms. The minimum absolute atomic E-state index is 0.0437. The third kappa shape index (κ3) is 4.43. The maximum atomic E-state index is 12.6. The molecule has 1 heterocycles. The summed E-state index contributed by atoms with van der Waals surface area (Å²) in [5.41, 5.74) is 1.70. The van der Waals surface area contributed by atoms with Crippen LogP contribution in [0.4, 0.5) is 0 Å². The van der Waals surface area contributed by atoms with Crippen LogP contribution in [0.2, 0.25) is 0 Å². The molecule has 0 aliphatic carbocycles. The highest BCUT2D eigenvalue weighted by Gasteiger charge is 2.28. The third-order valence-electron chi connectivity index (χ3n) is 4.49. The Labute approximate surface area is 149 Å². The van der Waals surface area contributed by atoms with Gasteiger partial charge >= 0.3 is 0 Å². The monoisotopic (exact) mass is 370 g/mol. The maximum absolute atomic E-state index is 12.6. The fraction of sp³-hybridized carbons (Fsp3) is 0.588. The quantitative estimate of drug-likeness (QED) is 0.748. The number of hydrogen-bond acceptors (Lipinski definition) is 5. The van der Waals surface area contributed by atoms with Crippen molar-refractivity contribution in [2.45, 2.75) is 20.3 Å². The van der Waals surface area contributed by atoms with Crippen molar-refractivity contribution < 1.29 is 22.7 Å². The van der Waals surface area contributed by atoms with E-state index < -0.39 is 10.0 Å². The van der Waals surface area contributed by atoms with Crippen LogP contribution >= 0.6 is 0 Å². The number of sulfonamides is 1. The molecule has 1 aliphatic rings. The largest absolute Gasteiger partial charge is 0.496 e. The summed E-state index contributed by atoms with van der Waals surface area (Å²) < 4.78 is 35.9. The average Bonchev–Trinajstić information content (AvgIpc) is 2.62. The summed E-state index contributed by atoms with van der Waals surface area (Å²) in [6.45, 7) is 5.05. The van der Waals surface area contributed by atoms with Crippen molar-refractivity contribution in [1.29, 1.82) is 0 Å². The van der Waals surface area contributed by atoms with Gasteiger partial charge in [-0.3, -0.25) is 4.79 Å². The number of amides is 1. The van der Waals surface area contributed by atoms with Gasteiger partial charge in [0.25, 0.3) is 0 Å². The van der Waals surface area contributed by atoms with E-state index in [-0.39, 0.29) is 18.1 Å². The molecule has 1 aromatic carbocycles. The molecule has 0 aromatic heterocycles. The summed E-state index contributed by atoms with van der Waals surface area (Å²) >= 11 is 0. The smallest absolute Gasteiger partial charge is 0.227 e. The number of piperazine rings is 1. The summed E-state index contributed by atoms with van der Waals surface area (Å²) in [6.07, 6.45) is 0.195. The lowest BCUT2D eigenvalue weighted by Gasteiger charge is -2.34. The Kier molecular flexibility index (Phi) is 6.29. The normalized spacial score (nSPS) is 15.9. The summed E-state index contributed by atoms with van der Waals surface area (Å²) in [5.74, 6) is 1.40. The molecule has 7 nitrogen and oxygen atoms in total. The van der Waals surface area contributed by atoms with E-state index in [1.165, 1.54) is 4.31 Å². The molecule has 0 unspecified atom stereocenters. The Balaban J connectivity index is 2.06. The van der Waals surface area contributed by atoms with Gasteiger partial charge in [-0.1, -0.05) is 0 Å². The topological polar surface area (TPSA) is 76.2 Å². The first-order valence-corrected chi connectivity index (χ1v) is 9.90. The van der Waals surface area contributed by atoms with Gasteiger partial charge in [0, 0.05) is 31.7 Å². The van der Waals surface area contributed by atoms with Crippen molar-refractivity contribution in [3.8, 4) is 11.5 Å². The predicted octanol–water partition coefficient (Wildman–Crippen LogP) is 1.05. The summed E-state index contributed by atoms with van der Waals surface area (Å²) in [4.78, 5) is 14.3. The Hall–Kier alpha value is -1.80. The minimum Gasteiger partial charge on any atom is -0.496 e. The van der Waals surface area contributed by atoms with Crippen LogP contribution in [-0.4, -0.2) is 69.7 Å². The standard InChI is InChI=1S/C17H26N2O5S/c1-5-25(21,22)19-8-6-18(7-9-19)17(20)12-14-11-15(23-3)13(2)10-16(14)24-4/h10-11H,5-9,12H2,1-4H3. The summed E-state index contributed by atoms with van der Waals surface area (Å²) in [5, 5.41) is 0. The van der Waals surface area contributed by atoms with Crippen molar-refractivity contribution in [3.05, 3.63) is 23.3 Å².